The molecule has 0 atom stereocenters. The van der Waals surface area contributed by atoms with Gasteiger partial charge in [-0.1, -0.05) is 6.07 Å². The van der Waals surface area contributed by atoms with E-state index in [0.717, 1.165) is 4.57 Å². The van der Waals surface area contributed by atoms with E-state index in [2.05, 4.69) is 20.9 Å². The van der Waals surface area contributed by atoms with Crippen LogP contribution in [0.4, 0.5) is 0 Å². The lowest BCUT2D eigenvalue weighted by molar-refractivity contribution is -0.108. The van der Waals surface area contributed by atoms with E-state index in [4.69, 9.17) is 11.6 Å². The van der Waals surface area contributed by atoms with Gasteiger partial charge in [0.05, 0.1) is 17.4 Å². The maximum Gasteiger partial charge on any atom is 0.263 e. The molecule has 4 nitrogen and oxygen atoms in total. The zero-order valence-electron chi connectivity index (χ0n) is 7.98. The highest BCUT2D eigenvalue weighted by Crippen LogP contribution is 2.20. The molecule has 0 unspecified atom stereocenters. The first-order valence-corrected chi connectivity index (χ1v) is 5.60. The first kappa shape index (κ1) is 11.3. The number of nitrogens with zero attached hydrogens (tertiary/aromatic N) is 2. The minimum absolute atomic E-state index is 0.0164. The van der Waals surface area contributed by atoms with Crippen LogP contribution in [0.5, 0.6) is 0 Å². The molecular formula is C10H6BrClN2O2. The predicted octanol–water partition coefficient (Wildman–Crippen LogP) is 2.01. The van der Waals surface area contributed by atoms with Crippen LogP contribution in [-0.2, 0) is 11.3 Å². The van der Waals surface area contributed by atoms with Gasteiger partial charge in [-0.25, -0.2) is 4.98 Å². The smallest absolute Gasteiger partial charge is 0.263 e. The number of benzene rings is 1. The number of hydrogen-bond donors (Lipinski definition) is 0. The standard InChI is InChI=1S/C10H6BrClN2O2/c11-6-2-1-3-7-8(6)9(16)14(4-5-15)10(12)13-7/h1-3,5H,4H2. The van der Waals surface area contributed by atoms with Gasteiger partial charge in [0, 0.05) is 4.47 Å². The van der Waals surface area contributed by atoms with Crippen molar-refractivity contribution in [2.75, 3.05) is 0 Å². The number of halogens is 2. The maximum absolute atomic E-state index is 12.0. The fourth-order valence-electron chi connectivity index (χ4n) is 1.43. The highest BCUT2D eigenvalue weighted by molar-refractivity contribution is 9.10. The molecule has 1 aromatic carbocycles. The van der Waals surface area contributed by atoms with E-state index >= 15 is 0 Å². The van der Waals surface area contributed by atoms with Gasteiger partial charge in [0.25, 0.3) is 5.56 Å². The normalized spacial score (nSPS) is 10.6. The molecule has 0 aliphatic heterocycles. The van der Waals surface area contributed by atoms with E-state index < -0.39 is 0 Å². The van der Waals surface area contributed by atoms with Crippen molar-refractivity contribution in [2.24, 2.45) is 0 Å². The minimum Gasteiger partial charge on any atom is -0.301 e. The molecule has 0 saturated carbocycles. The number of fused-ring (bicyclic) bond motifs is 1. The Labute approximate surface area is 104 Å². The van der Waals surface area contributed by atoms with Crippen LogP contribution >= 0.6 is 27.5 Å². The summed E-state index contributed by atoms with van der Waals surface area (Å²) in [6, 6.07) is 5.20. The molecule has 0 spiro atoms. The molecule has 6 heteroatoms. The lowest BCUT2D eigenvalue weighted by atomic mass is 10.2. The molecule has 2 rings (SSSR count). The van der Waals surface area contributed by atoms with E-state index in [1.807, 2.05) is 0 Å². The Kier molecular flexibility index (Phi) is 3.07. The van der Waals surface area contributed by atoms with Gasteiger partial charge in [0.15, 0.2) is 0 Å². The van der Waals surface area contributed by atoms with Gasteiger partial charge in [0.1, 0.15) is 6.29 Å². The third kappa shape index (κ3) is 1.76. The van der Waals surface area contributed by atoms with Crippen molar-refractivity contribution in [1.82, 2.24) is 9.55 Å². The number of aromatic nitrogens is 2. The van der Waals surface area contributed by atoms with Gasteiger partial charge < -0.3 is 4.79 Å². The molecule has 1 heterocycles. The second-order valence-corrected chi connectivity index (χ2v) is 4.29. The number of carbonyl (C=O) groups is 1. The summed E-state index contributed by atoms with van der Waals surface area (Å²) in [5, 5.41) is 0.441. The zero-order valence-corrected chi connectivity index (χ0v) is 10.3. The number of hydrogen-bond acceptors (Lipinski definition) is 3. The topological polar surface area (TPSA) is 52.0 Å². The van der Waals surface area contributed by atoms with Crippen molar-refractivity contribution in [3.63, 3.8) is 0 Å². The third-order valence-corrected chi connectivity index (χ3v) is 3.09. The average Bonchev–Trinajstić information content (AvgIpc) is 2.24. The molecule has 0 fully saturated rings. The average molecular weight is 302 g/mol. The van der Waals surface area contributed by atoms with Gasteiger partial charge in [-0.05, 0) is 39.7 Å². The van der Waals surface area contributed by atoms with Crippen LogP contribution in [0.25, 0.3) is 10.9 Å². The third-order valence-electron chi connectivity index (χ3n) is 2.14. The molecule has 2 aromatic rings. The van der Waals surface area contributed by atoms with Gasteiger partial charge in [-0.3, -0.25) is 9.36 Å². The Hall–Kier alpha value is -1.20. The summed E-state index contributed by atoms with van der Waals surface area (Å²) in [5.41, 5.74) is 0.182. The van der Waals surface area contributed by atoms with Crippen molar-refractivity contribution < 1.29 is 4.79 Å². The van der Waals surface area contributed by atoms with Crippen LogP contribution in [0.3, 0.4) is 0 Å². The lowest BCUT2D eigenvalue weighted by Gasteiger charge is -2.06. The maximum atomic E-state index is 12.0. The fraction of sp³-hybridized carbons (Fsp3) is 0.100. The Morgan fingerprint density at radius 3 is 2.94 bits per heavy atom. The highest BCUT2D eigenvalue weighted by Gasteiger charge is 2.10. The Morgan fingerprint density at radius 2 is 2.25 bits per heavy atom. The number of rotatable bonds is 2. The van der Waals surface area contributed by atoms with Gasteiger partial charge >= 0.3 is 0 Å². The number of aldehydes is 1. The molecule has 82 valence electrons. The second-order valence-electron chi connectivity index (χ2n) is 3.10. The van der Waals surface area contributed by atoms with Crippen LogP contribution in [0.1, 0.15) is 0 Å². The fourth-order valence-corrected chi connectivity index (χ4v) is 2.19. The summed E-state index contributed by atoms with van der Waals surface area (Å²) in [6.07, 6.45) is 0.609. The van der Waals surface area contributed by atoms with Crippen LogP contribution < -0.4 is 5.56 Å². The van der Waals surface area contributed by atoms with E-state index in [9.17, 15) is 9.59 Å². The Balaban J connectivity index is 2.91. The molecule has 1 aromatic heterocycles. The van der Waals surface area contributed by atoms with E-state index in [1.165, 1.54) is 0 Å². The van der Waals surface area contributed by atoms with Crippen molar-refractivity contribution in [3.05, 3.63) is 38.3 Å². The molecule has 0 bridgehead atoms. The van der Waals surface area contributed by atoms with Crippen molar-refractivity contribution >= 4 is 44.7 Å². The predicted molar refractivity (Wildman–Crippen MR) is 64.8 cm³/mol. The first-order chi connectivity index (χ1) is 7.65. The van der Waals surface area contributed by atoms with Crippen molar-refractivity contribution in [2.45, 2.75) is 6.54 Å². The van der Waals surface area contributed by atoms with Crippen LogP contribution in [0, 0.1) is 0 Å². The largest absolute Gasteiger partial charge is 0.301 e. The summed E-state index contributed by atoms with van der Waals surface area (Å²) in [6.45, 7) is -0.0953. The van der Waals surface area contributed by atoms with Crippen LogP contribution in [-0.4, -0.2) is 15.8 Å². The summed E-state index contributed by atoms with van der Waals surface area (Å²) in [4.78, 5) is 26.5. The molecule has 0 N–H and O–H groups in total. The molecule has 0 radical (unpaired) electrons. The van der Waals surface area contributed by atoms with Crippen LogP contribution in [0.15, 0.2) is 27.5 Å². The highest BCUT2D eigenvalue weighted by atomic mass is 79.9. The molecule has 16 heavy (non-hydrogen) atoms. The quantitative estimate of drug-likeness (QED) is 0.630. The van der Waals surface area contributed by atoms with Crippen molar-refractivity contribution in [3.8, 4) is 0 Å². The molecule has 0 amide bonds. The Bertz CT molecular complexity index is 624. The zero-order chi connectivity index (χ0) is 11.7. The minimum atomic E-state index is -0.324. The van der Waals surface area contributed by atoms with E-state index in [0.29, 0.717) is 21.7 Å². The first-order valence-electron chi connectivity index (χ1n) is 4.43. The second kappa shape index (κ2) is 4.35. The molecule has 0 aliphatic rings. The molecule has 0 aliphatic carbocycles. The summed E-state index contributed by atoms with van der Waals surface area (Å²) < 4.78 is 1.76. The van der Waals surface area contributed by atoms with E-state index in [1.54, 1.807) is 18.2 Å². The monoisotopic (exact) mass is 300 g/mol. The van der Waals surface area contributed by atoms with Gasteiger partial charge in [0.2, 0.25) is 5.28 Å². The molecular weight excluding hydrogens is 295 g/mol. The van der Waals surface area contributed by atoms with Gasteiger partial charge in [-0.2, -0.15) is 0 Å². The molecule has 0 saturated heterocycles. The number of carbonyl (C=O) groups excluding carboxylic acids is 1. The van der Waals surface area contributed by atoms with Gasteiger partial charge in [-0.15, -0.1) is 0 Å². The SMILES string of the molecule is O=CCn1c(Cl)nc2cccc(Br)c2c1=O. The van der Waals surface area contributed by atoms with Crippen LogP contribution in [0.2, 0.25) is 5.28 Å². The lowest BCUT2D eigenvalue weighted by Crippen LogP contribution is -2.23. The van der Waals surface area contributed by atoms with E-state index in [-0.39, 0.29) is 17.4 Å². The summed E-state index contributed by atoms with van der Waals surface area (Å²) >= 11 is 9.09. The van der Waals surface area contributed by atoms with Crippen molar-refractivity contribution in [1.29, 1.82) is 0 Å². The summed E-state index contributed by atoms with van der Waals surface area (Å²) in [7, 11) is 0. The Morgan fingerprint density at radius 1 is 1.50 bits per heavy atom. The summed E-state index contributed by atoms with van der Waals surface area (Å²) in [5.74, 6) is 0.